The molecule has 0 atom stereocenters. The molecule has 0 amide bonds. The number of H-pyrrole nitrogens is 2. The summed E-state index contributed by atoms with van der Waals surface area (Å²) in [6.45, 7) is 0. The lowest BCUT2D eigenvalue weighted by atomic mass is 10.0. The fourth-order valence-electron chi connectivity index (χ4n) is 3.45. The summed E-state index contributed by atoms with van der Waals surface area (Å²) in [5, 5.41) is 0.530. The number of aromatic nitrogens is 4. The van der Waals surface area contributed by atoms with E-state index in [1.165, 1.54) is 0 Å². The summed E-state index contributed by atoms with van der Waals surface area (Å²) in [5.41, 5.74) is 6.15. The minimum atomic E-state index is -0.231. The molecule has 0 aliphatic carbocycles. The van der Waals surface area contributed by atoms with Gasteiger partial charge in [-0.2, -0.15) is 0 Å². The minimum Gasteiger partial charge on any atom is -0.345 e. The molecule has 0 aliphatic heterocycles. The van der Waals surface area contributed by atoms with Gasteiger partial charge in [0.15, 0.2) is 0 Å². The third-order valence-corrected chi connectivity index (χ3v) is 5.13. The van der Waals surface area contributed by atoms with Crippen LogP contribution in [0, 0.1) is 0 Å². The number of nitrogens with zero attached hydrogens (tertiary/aromatic N) is 2. The lowest BCUT2D eigenvalue weighted by Gasteiger charge is -2.10. The van der Waals surface area contributed by atoms with E-state index in [4.69, 9.17) is 0 Å². The molecule has 0 radical (unpaired) electrons. The first-order valence-corrected chi connectivity index (χ1v) is 9.29. The van der Waals surface area contributed by atoms with Gasteiger partial charge in [-0.15, -0.1) is 12.6 Å². The molecule has 2 heterocycles. The molecule has 2 aromatic heterocycles. The van der Waals surface area contributed by atoms with Crippen LogP contribution in [0.4, 0.5) is 0 Å². The summed E-state index contributed by atoms with van der Waals surface area (Å²) in [7, 11) is 0. The molecule has 0 bridgehead atoms. The summed E-state index contributed by atoms with van der Waals surface area (Å²) in [6.07, 6.45) is 1.64. The van der Waals surface area contributed by atoms with Gasteiger partial charge in [0.05, 0.1) is 33.8 Å². The highest BCUT2D eigenvalue weighted by atomic mass is 32.1. The number of fused-ring (bicyclic) bond motifs is 1. The predicted octanol–water partition coefficient (Wildman–Crippen LogP) is 4.66. The van der Waals surface area contributed by atoms with E-state index in [-0.39, 0.29) is 5.69 Å². The van der Waals surface area contributed by atoms with Crippen LogP contribution >= 0.6 is 12.6 Å². The Morgan fingerprint density at radius 2 is 1.57 bits per heavy atom. The van der Waals surface area contributed by atoms with Crippen molar-refractivity contribution in [2.24, 2.45) is 0 Å². The van der Waals surface area contributed by atoms with Crippen molar-refractivity contribution in [1.82, 2.24) is 19.5 Å². The monoisotopic (exact) mass is 384 g/mol. The first kappa shape index (κ1) is 16.6. The fourth-order valence-corrected chi connectivity index (χ4v) is 3.77. The van der Waals surface area contributed by atoms with E-state index >= 15 is 0 Å². The molecule has 0 saturated heterocycles. The highest BCUT2D eigenvalue weighted by Gasteiger charge is 2.16. The molecular weight excluding hydrogens is 368 g/mol. The van der Waals surface area contributed by atoms with E-state index in [0.717, 1.165) is 39.1 Å². The first-order chi connectivity index (χ1) is 13.7. The fraction of sp³-hybridized carbons (Fsp3) is 0. The van der Waals surface area contributed by atoms with Gasteiger partial charge >= 0.3 is 5.69 Å². The maximum Gasteiger partial charge on any atom is 0.331 e. The molecule has 0 spiro atoms. The van der Waals surface area contributed by atoms with E-state index < -0.39 is 0 Å². The van der Waals surface area contributed by atoms with Gasteiger partial charge in [-0.3, -0.25) is 4.57 Å². The van der Waals surface area contributed by atoms with Gasteiger partial charge in [-0.1, -0.05) is 54.6 Å². The van der Waals surface area contributed by atoms with E-state index in [9.17, 15) is 4.79 Å². The van der Waals surface area contributed by atoms with Crippen LogP contribution in [0.25, 0.3) is 39.1 Å². The maximum atomic E-state index is 12.6. The zero-order valence-corrected chi connectivity index (χ0v) is 15.6. The van der Waals surface area contributed by atoms with Crippen molar-refractivity contribution < 1.29 is 0 Å². The van der Waals surface area contributed by atoms with Crippen molar-refractivity contribution in [3.8, 4) is 28.1 Å². The van der Waals surface area contributed by atoms with Crippen molar-refractivity contribution in [3.05, 3.63) is 89.6 Å². The lowest BCUT2D eigenvalue weighted by molar-refractivity contribution is 0.992. The molecule has 0 aliphatic rings. The minimum absolute atomic E-state index is 0.231. The summed E-state index contributed by atoms with van der Waals surface area (Å²) in [5.74, 6) is 0. The second-order valence-electron chi connectivity index (χ2n) is 6.51. The Balaban J connectivity index is 1.63. The molecule has 0 saturated carbocycles. The highest BCUT2D eigenvalue weighted by molar-refractivity contribution is 7.80. The van der Waals surface area contributed by atoms with Crippen LogP contribution in [0.2, 0.25) is 0 Å². The Hall–Kier alpha value is -3.51. The maximum absolute atomic E-state index is 12.6. The molecule has 5 nitrogen and oxygen atoms in total. The number of rotatable bonds is 3. The second-order valence-corrected chi connectivity index (χ2v) is 6.96. The Labute approximate surface area is 166 Å². The van der Waals surface area contributed by atoms with E-state index in [1.54, 1.807) is 10.9 Å². The van der Waals surface area contributed by atoms with Crippen LogP contribution in [0.3, 0.4) is 0 Å². The quantitative estimate of drug-likeness (QED) is 0.396. The number of imidazole rings is 2. The number of aromatic amines is 2. The van der Waals surface area contributed by atoms with Crippen LogP contribution in [-0.4, -0.2) is 19.5 Å². The summed E-state index contributed by atoms with van der Waals surface area (Å²) in [6, 6.07) is 24.0. The number of hydrogen-bond acceptors (Lipinski definition) is 3. The molecule has 3 aromatic carbocycles. The van der Waals surface area contributed by atoms with Crippen LogP contribution in [0.15, 0.2) is 88.9 Å². The van der Waals surface area contributed by atoms with E-state index in [2.05, 4.69) is 51.8 Å². The Morgan fingerprint density at radius 3 is 2.36 bits per heavy atom. The van der Waals surface area contributed by atoms with E-state index in [1.807, 2.05) is 48.5 Å². The largest absolute Gasteiger partial charge is 0.345 e. The SMILES string of the molecule is O=c1[nH]c(S)c(-c2ccc(-c3ccccc3)cc2)n1-c1ccc2nc[nH]c2c1. The molecule has 28 heavy (non-hydrogen) atoms. The molecule has 136 valence electrons. The number of thiol groups is 1. The van der Waals surface area contributed by atoms with Crippen molar-refractivity contribution in [3.63, 3.8) is 0 Å². The first-order valence-electron chi connectivity index (χ1n) is 8.84. The van der Waals surface area contributed by atoms with Crippen LogP contribution < -0.4 is 5.69 Å². The van der Waals surface area contributed by atoms with E-state index in [0.29, 0.717) is 5.03 Å². The van der Waals surface area contributed by atoms with Crippen molar-refractivity contribution in [1.29, 1.82) is 0 Å². The van der Waals surface area contributed by atoms with Crippen molar-refractivity contribution >= 4 is 23.7 Å². The third kappa shape index (κ3) is 2.75. The third-order valence-electron chi connectivity index (χ3n) is 4.80. The van der Waals surface area contributed by atoms with Gasteiger partial charge in [-0.25, -0.2) is 9.78 Å². The molecule has 0 fully saturated rings. The van der Waals surface area contributed by atoms with Gasteiger partial charge in [0, 0.05) is 5.56 Å². The predicted molar refractivity (Wildman–Crippen MR) is 114 cm³/mol. The standard InChI is InChI=1S/C22H16N4OS/c27-22-25-21(28)20(26(22)17-10-11-18-19(12-17)24-13-23-18)16-8-6-15(7-9-16)14-4-2-1-3-5-14/h1-13,28H,(H,23,24)(H,25,27). The molecular formula is C22H16N4OS. The lowest BCUT2D eigenvalue weighted by Crippen LogP contribution is -2.15. The van der Waals surface area contributed by atoms with Crippen LogP contribution in [0.1, 0.15) is 0 Å². The van der Waals surface area contributed by atoms with Crippen LogP contribution in [0.5, 0.6) is 0 Å². The Bertz CT molecular complexity index is 1330. The van der Waals surface area contributed by atoms with Crippen molar-refractivity contribution in [2.45, 2.75) is 5.03 Å². The molecule has 5 aromatic rings. The average molecular weight is 384 g/mol. The number of benzene rings is 3. The Kier molecular flexibility index (Phi) is 3.91. The molecule has 5 rings (SSSR count). The molecule has 6 heteroatoms. The molecule has 0 unspecified atom stereocenters. The van der Waals surface area contributed by atoms with Gasteiger partial charge in [0.1, 0.15) is 0 Å². The summed E-state index contributed by atoms with van der Waals surface area (Å²) in [4.78, 5) is 22.8. The van der Waals surface area contributed by atoms with Crippen molar-refractivity contribution in [2.75, 3.05) is 0 Å². The zero-order chi connectivity index (χ0) is 19.1. The van der Waals surface area contributed by atoms with Crippen LogP contribution in [-0.2, 0) is 0 Å². The smallest absolute Gasteiger partial charge is 0.331 e. The normalized spacial score (nSPS) is 11.2. The van der Waals surface area contributed by atoms with Gasteiger partial charge in [-0.05, 0) is 29.3 Å². The van der Waals surface area contributed by atoms with Gasteiger partial charge < -0.3 is 9.97 Å². The highest BCUT2D eigenvalue weighted by Crippen LogP contribution is 2.30. The number of hydrogen-bond donors (Lipinski definition) is 3. The molecule has 2 N–H and O–H groups in total. The number of nitrogens with one attached hydrogen (secondary N) is 2. The summed E-state index contributed by atoms with van der Waals surface area (Å²) >= 11 is 4.51. The van der Waals surface area contributed by atoms with Gasteiger partial charge in [0.2, 0.25) is 0 Å². The average Bonchev–Trinajstić information content (AvgIpc) is 3.31. The summed E-state index contributed by atoms with van der Waals surface area (Å²) < 4.78 is 1.64. The topological polar surface area (TPSA) is 66.5 Å². The second kappa shape index (κ2) is 6.58. The van der Waals surface area contributed by atoms with Gasteiger partial charge in [0.25, 0.3) is 0 Å². The zero-order valence-electron chi connectivity index (χ0n) is 14.8. The Morgan fingerprint density at radius 1 is 0.857 bits per heavy atom.